The zero-order chi connectivity index (χ0) is 15.0. The van der Waals surface area contributed by atoms with E-state index in [-0.39, 0.29) is 0 Å². The molecule has 0 N–H and O–H groups in total. The molecule has 0 radical (unpaired) electrons. The minimum absolute atomic E-state index is 0.361. The fourth-order valence-corrected chi connectivity index (χ4v) is 4.11. The largest absolute Gasteiger partial charge is 0.215 e. The van der Waals surface area contributed by atoms with Crippen LogP contribution in [-0.2, 0) is 0 Å². The van der Waals surface area contributed by atoms with Crippen LogP contribution in [0.25, 0.3) is 21.8 Å². The fraction of sp³-hybridized carbons (Fsp3) is 0.0667. The Morgan fingerprint density at radius 2 is 1.71 bits per heavy atom. The third kappa shape index (κ3) is 2.86. The van der Waals surface area contributed by atoms with Gasteiger partial charge >= 0.3 is 0 Å². The lowest BCUT2D eigenvalue weighted by molar-refractivity contribution is 1.18. The van der Waals surface area contributed by atoms with Gasteiger partial charge < -0.3 is 0 Å². The summed E-state index contributed by atoms with van der Waals surface area (Å²) in [4.78, 5) is 9.72. The van der Waals surface area contributed by atoms with Crippen LogP contribution in [0, 0.1) is 6.92 Å². The van der Waals surface area contributed by atoms with Gasteiger partial charge in [0.05, 0.1) is 10.4 Å². The zero-order valence-corrected chi connectivity index (χ0v) is 14.8. The molecule has 0 amide bonds. The summed E-state index contributed by atoms with van der Waals surface area (Å²) in [5.74, 6) is 0.532. The van der Waals surface area contributed by atoms with Crippen molar-refractivity contribution >= 4 is 50.5 Å². The zero-order valence-electron chi connectivity index (χ0n) is 10.9. The molecule has 21 heavy (non-hydrogen) atoms. The van der Waals surface area contributed by atoms with Crippen LogP contribution in [0.5, 0.6) is 0 Å². The molecule has 0 aliphatic rings. The number of nitrogens with zero attached hydrogens (tertiary/aromatic N) is 2. The van der Waals surface area contributed by atoms with Gasteiger partial charge in [0.15, 0.2) is 5.82 Å². The summed E-state index contributed by atoms with van der Waals surface area (Å²) in [7, 11) is 0. The van der Waals surface area contributed by atoms with Crippen LogP contribution in [0.2, 0.25) is 10.3 Å². The Hall–Kier alpha value is -0.940. The van der Waals surface area contributed by atoms with Crippen LogP contribution in [0.15, 0.2) is 40.2 Å². The van der Waals surface area contributed by atoms with Crippen molar-refractivity contribution in [2.24, 2.45) is 0 Å². The van der Waals surface area contributed by atoms with Crippen LogP contribution < -0.4 is 0 Å². The summed E-state index contributed by atoms with van der Waals surface area (Å²) in [5, 5.41) is 2.68. The minimum atomic E-state index is 0.361. The quantitative estimate of drug-likeness (QED) is 0.476. The second-order valence-electron chi connectivity index (χ2n) is 4.42. The monoisotopic (exact) mass is 398 g/mol. The van der Waals surface area contributed by atoms with Gasteiger partial charge in [0, 0.05) is 4.47 Å². The first-order valence-corrected chi connectivity index (χ1v) is 8.53. The number of aromatic nitrogens is 2. The molecule has 6 heteroatoms. The van der Waals surface area contributed by atoms with E-state index in [4.69, 9.17) is 23.2 Å². The molecule has 2 heterocycles. The van der Waals surface area contributed by atoms with Gasteiger partial charge in [-0.15, -0.1) is 11.3 Å². The predicted molar refractivity (Wildman–Crippen MR) is 93.2 cm³/mol. The van der Waals surface area contributed by atoms with Gasteiger partial charge in [0.25, 0.3) is 0 Å². The molecule has 0 spiro atoms. The van der Waals surface area contributed by atoms with Gasteiger partial charge in [-0.1, -0.05) is 47.5 Å². The van der Waals surface area contributed by atoms with Crippen molar-refractivity contribution < 1.29 is 0 Å². The number of halogens is 3. The van der Waals surface area contributed by atoms with Crippen molar-refractivity contribution in [3.05, 3.63) is 56.1 Å². The van der Waals surface area contributed by atoms with Gasteiger partial charge in [0.1, 0.15) is 10.3 Å². The van der Waals surface area contributed by atoms with E-state index in [1.807, 2.05) is 42.6 Å². The second kappa shape index (κ2) is 6.05. The maximum atomic E-state index is 6.36. The fourth-order valence-electron chi connectivity index (χ4n) is 2.04. The molecule has 1 aromatic carbocycles. The number of thiophene rings is 1. The Labute approximate surface area is 144 Å². The molecule has 0 aliphatic carbocycles. The van der Waals surface area contributed by atoms with Crippen LogP contribution >= 0.6 is 50.5 Å². The standard InChI is InChI=1S/C15H9BrCl2N2S/c1-8-4-2-3-5-9(8)11-13(17)19-15(20-14(11)18)12-10(16)6-7-21-12/h2-7H,1H3. The summed E-state index contributed by atoms with van der Waals surface area (Å²) >= 11 is 17.7. The summed E-state index contributed by atoms with van der Waals surface area (Å²) in [6.07, 6.45) is 0. The molecular formula is C15H9BrCl2N2S. The van der Waals surface area contributed by atoms with E-state index in [1.54, 1.807) is 0 Å². The van der Waals surface area contributed by atoms with Crippen molar-refractivity contribution in [2.45, 2.75) is 6.92 Å². The predicted octanol–water partition coefficient (Wildman–Crippen LogP) is 6.25. The molecule has 0 atom stereocenters. The van der Waals surface area contributed by atoms with Crippen LogP contribution in [0.4, 0.5) is 0 Å². The van der Waals surface area contributed by atoms with E-state index in [1.165, 1.54) is 11.3 Å². The highest BCUT2D eigenvalue weighted by Crippen LogP contribution is 2.38. The highest BCUT2D eigenvalue weighted by Gasteiger charge is 2.17. The first-order chi connectivity index (χ1) is 10.1. The van der Waals surface area contributed by atoms with E-state index in [2.05, 4.69) is 25.9 Å². The van der Waals surface area contributed by atoms with E-state index in [0.717, 1.165) is 20.5 Å². The van der Waals surface area contributed by atoms with E-state index in [0.29, 0.717) is 21.7 Å². The summed E-state index contributed by atoms with van der Waals surface area (Å²) in [5.41, 5.74) is 2.70. The molecule has 0 saturated heterocycles. The van der Waals surface area contributed by atoms with Gasteiger partial charge in [-0.25, -0.2) is 9.97 Å². The van der Waals surface area contributed by atoms with Crippen molar-refractivity contribution in [1.82, 2.24) is 9.97 Å². The van der Waals surface area contributed by atoms with Gasteiger partial charge in [-0.05, 0) is 45.4 Å². The Morgan fingerprint density at radius 1 is 1.05 bits per heavy atom. The topological polar surface area (TPSA) is 25.8 Å². The minimum Gasteiger partial charge on any atom is -0.215 e. The van der Waals surface area contributed by atoms with Crippen LogP contribution in [-0.4, -0.2) is 9.97 Å². The smallest absolute Gasteiger partial charge is 0.173 e. The number of rotatable bonds is 2. The third-order valence-corrected chi connectivity index (χ3v) is 5.44. The molecule has 3 aromatic rings. The van der Waals surface area contributed by atoms with Crippen LogP contribution in [0.1, 0.15) is 5.56 Å². The molecular weight excluding hydrogens is 391 g/mol. The third-order valence-electron chi connectivity index (χ3n) is 3.06. The molecule has 0 aliphatic heterocycles. The van der Waals surface area contributed by atoms with Crippen molar-refractivity contribution in [3.8, 4) is 21.8 Å². The van der Waals surface area contributed by atoms with Crippen LogP contribution in [0.3, 0.4) is 0 Å². The molecule has 106 valence electrons. The SMILES string of the molecule is Cc1ccccc1-c1c(Cl)nc(-c2sccc2Br)nc1Cl. The molecule has 0 unspecified atom stereocenters. The highest BCUT2D eigenvalue weighted by molar-refractivity contribution is 9.10. The summed E-state index contributed by atoms with van der Waals surface area (Å²) < 4.78 is 0.934. The Morgan fingerprint density at radius 3 is 2.29 bits per heavy atom. The summed E-state index contributed by atoms with van der Waals surface area (Å²) in [6.45, 7) is 2.01. The second-order valence-corrected chi connectivity index (χ2v) is 6.90. The lowest BCUT2D eigenvalue weighted by atomic mass is 10.0. The maximum Gasteiger partial charge on any atom is 0.173 e. The molecule has 0 saturated carbocycles. The maximum absolute atomic E-state index is 6.36. The van der Waals surface area contributed by atoms with Gasteiger partial charge in [-0.3, -0.25) is 0 Å². The first-order valence-electron chi connectivity index (χ1n) is 6.10. The molecule has 0 bridgehead atoms. The number of aryl methyl sites for hydroxylation is 1. The van der Waals surface area contributed by atoms with Gasteiger partial charge in [-0.2, -0.15) is 0 Å². The Bertz CT molecular complexity index is 794. The van der Waals surface area contributed by atoms with E-state index in [9.17, 15) is 0 Å². The molecule has 2 nitrogen and oxygen atoms in total. The van der Waals surface area contributed by atoms with Crippen molar-refractivity contribution in [3.63, 3.8) is 0 Å². The first kappa shape index (κ1) is 15.0. The lowest BCUT2D eigenvalue weighted by Crippen LogP contribution is -1.95. The van der Waals surface area contributed by atoms with Crippen molar-refractivity contribution in [1.29, 1.82) is 0 Å². The Kier molecular flexibility index (Phi) is 4.31. The number of benzene rings is 1. The average Bonchev–Trinajstić information content (AvgIpc) is 2.86. The van der Waals surface area contributed by atoms with Crippen molar-refractivity contribution in [2.75, 3.05) is 0 Å². The summed E-state index contributed by atoms with van der Waals surface area (Å²) in [6, 6.07) is 9.83. The number of hydrogen-bond donors (Lipinski definition) is 0. The molecule has 2 aromatic heterocycles. The average molecular weight is 400 g/mol. The normalized spacial score (nSPS) is 10.9. The Balaban J connectivity index is 2.18. The highest BCUT2D eigenvalue weighted by atomic mass is 79.9. The molecule has 3 rings (SSSR count). The lowest BCUT2D eigenvalue weighted by Gasteiger charge is -2.10. The van der Waals surface area contributed by atoms with E-state index >= 15 is 0 Å². The van der Waals surface area contributed by atoms with Gasteiger partial charge in [0.2, 0.25) is 0 Å². The number of hydrogen-bond acceptors (Lipinski definition) is 3. The van der Waals surface area contributed by atoms with E-state index < -0.39 is 0 Å². The molecule has 0 fully saturated rings.